The Morgan fingerprint density at radius 2 is 1.92 bits per heavy atom. The third-order valence-corrected chi connectivity index (χ3v) is 6.20. The first-order valence-corrected chi connectivity index (χ1v) is 8.89. The molecule has 124 valence electrons. The zero-order valence-corrected chi connectivity index (χ0v) is 14.1. The normalized spacial score (nSPS) is 14.2. The zero-order chi connectivity index (χ0) is 16.9. The van der Waals surface area contributed by atoms with Crippen LogP contribution in [0, 0.1) is 6.92 Å². The molecule has 8 nitrogen and oxygen atoms in total. The van der Waals surface area contributed by atoms with E-state index in [1.165, 1.54) is 10.5 Å². The fourth-order valence-corrected chi connectivity index (χ4v) is 4.54. The summed E-state index contributed by atoms with van der Waals surface area (Å²) in [5, 5.41) is 12.0. The highest BCUT2D eigenvalue weighted by Crippen LogP contribution is 2.32. The van der Waals surface area contributed by atoms with Crippen molar-refractivity contribution in [3.8, 4) is 0 Å². The van der Waals surface area contributed by atoms with Gasteiger partial charge in [0.15, 0.2) is 0 Å². The second kappa shape index (κ2) is 5.17. The minimum atomic E-state index is -3.75. The summed E-state index contributed by atoms with van der Waals surface area (Å²) in [5.41, 5.74) is 2.89. The molecule has 0 atom stereocenters. The molecule has 9 heteroatoms. The Morgan fingerprint density at radius 1 is 1.12 bits per heavy atom. The van der Waals surface area contributed by atoms with E-state index < -0.39 is 10.0 Å². The Morgan fingerprint density at radius 3 is 2.67 bits per heavy atom. The Kier molecular flexibility index (Phi) is 3.20. The molecule has 0 saturated carbocycles. The summed E-state index contributed by atoms with van der Waals surface area (Å²) in [7, 11) is -2.02. The van der Waals surface area contributed by atoms with Gasteiger partial charge in [-0.15, -0.1) is 5.10 Å². The van der Waals surface area contributed by atoms with Crippen molar-refractivity contribution in [2.24, 2.45) is 7.05 Å². The first-order valence-electron chi connectivity index (χ1n) is 7.45. The number of hydrogen-bond donors (Lipinski definition) is 0. The van der Waals surface area contributed by atoms with Crippen LogP contribution >= 0.6 is 0 Å². The van der Waals surface area contributed by atoms with Crippen LogP contribution in [0.3, 0.4) is 0 Å². The molecule has 0 unspecified atom stereocenters. The van der Waals surface area contributed by atoms with Gasteiger partial charge in [0.1, 0.15) is 4.90 Å². The molecular formula is C15H16N6O2S. The molecule has 2 aromatic heterocycles. The van der Waals surface area contributed by atoms with Crippen LogP contribution in [0.2, 0.25) is 0 Å². The molecule has 0 amide bonds. The number of nitrogens with zero attached hydrogens (tertiary/aromatic N) is 6. The van der Waals surface area contributed by atoms with Gasteiger partial charge in [0, 0.05) is 7.05 Å². The minimum Gasteiger partial charge on any atom is -0.272 e. The average molecular weight is 344 g/mol. The lowest BCUT2D eigenvalue weighted by Crippen LogP contribution is -2.31. The van der Waals surface area contributed by atoms with Crippen molar-refractivity contribution >= 4 is 15.7 Å². The lowest BCUT2D eigenvalue weighted by atomic mass is 10.2. The zero-order valence-electron chi connectivity index (χ0n) is 13.3. The third-order valence-electron chi connectivity index (χ3n) is 4.34. The number of aromatic nitrogens is 5. The predicted molar refractivity (Wildman–Crippen MR) is 86.9 cm³/mol. The molecule has 0 bridgehead atoms. The SMILES string of the molecule is Cc1c(S(=O)(=O)N2Cc3cnnn3Cc3ccccc32)cnn1C. The monoisotopic (exact) mass is 344 g/mol. The number of para-hydroxylation sites is 1. The van der Waals surface area contributed by atoms with Gasteiger partial charge in [0.05, 0.1) is 42.6 Å². The summed E-state index contributed by atoms with van der Waals surface area (Å²) in [6.07, 6.45) is 3.00. The van der Waals surface area contributed by atoms with Crippen molar-refractivity contribution in [3.63, 3.8) is 0 Å². The van der Waals surface area contributed by atoms with Gasteiger partial charge >= 0.3 is 0 Å². The third kappa shape index (κ3) is 2.12. The Balaban J connectivity index is 1.92. The van der Waals surface area contributed by atoms with Crippen LogP contribution in [-0.2, 0) is 30.2 Å². The van der Waals surface area contributed by atoms with Gasteiger partial charge < -0.3 is 0 Å². The fourth-order valence-electron chi connectivity index (χ4n) is 2.88. The number of fused-ring (bicyclic) bond motifs is 2. The van der Waals surface area contributed by atoms with Gasteiger partial charge in [0.2, 0.25) is 0 Å². The van der Waals surface area contributed by atoms with Gasteiger partial charge in [-0.05, 0) is 18.6 Å². The van der Waals surface area contributed by atoms with Crippen LogP contribution in [0.25, 0.3) is 0 Å². The van der Waals surface area contributed by atoms with E-state index in [0.717, 1.165) is 11.3 Å². The number of benzene rings is 1. The van der Waals surface area contributed by atoms with E-state index in [1.807, 2.05) is 24.3 Å². The first kappa shape index (κ1) is 14.9. The van der Waals surface area contributed by atoms with Crippen LogP contribution < -0.4 is 4.31 Å². The first-order chi connectivity index (χ1) is 11.5. The molecule has 24 heavy (non-hydrogen) atoms. The molecule has 3 heterocycles. The van der Waals surface area contributed by atoms with E-state index in [0.29, 0.717) is 17.9 Å². The largest absolute Gasteiger partial charge is 0.272 e. The number of rotatable bonds is 2. The van der Waals surface area contributed by atoms with E-state index in [1.54, 1.807) is 29.5 Å². The van der Waals surface area contributed by atoms with Crippen LogP contribution in [-0.4, -0.2) is 33.2 Å². The standard InChI is InChI=1S/C15H16N6O2S/c1-11-15(8-17-19(11)2)24(22,23)21-10-13-7-16-18-20(13)9-12-5-3-4-6-14(12)21/h3-8H,9-10H2,1-2H3. The molecule has 0 aliphatic carbocycles. The number of aryl methyl sites for hydroxylation is 1. The molecule has 1 aliphatic rings. The van der Waals surface area contributed by atoms with Crippen molar-refractivity contribution in [1.29, 1.82) is 0 Å². The highest BCUT2D eigenvalue weighted by Gasteiger charge is 2.32. The summed E-state index contributed by atoms with van der Waals surface area (Å²) in [6.45, 7) is 2.42. The van der Waals surface area contributed by atoms with Gasteiger partial charge in [-0.2, -0.15) is 5.10 Å². The van der Waals surface area contributed by atoms with E-state index in [9.17, 15) is 8.42 Å². The second-order valence-corrected chi connectivity index (χ2v) is 7.57. The summed E-state index contributed by atoms with van der Waals surface area (Å²) in [6, 6.07) is 7.45. The maximum absolute atomic E-state index is 13.3. The molecule has 0 spiro atoms. The minimum absolute atomic E-state index is 0.181. The summed E-state index contributed by atoms with van der Waals surface area (Å²) in [5.74, 6) is 0. The van der Waals surface area contributed by atoms with Crippen molar-refractivity contribution < 1.29 is 8.42 Å². The molecule has 3 aromatic rings. The van der Waals surface area contributed by atoms with Crippen LogP contribution in [0.5, 0.6) is 0 Å². The maximum Gasteiger partial charge on any atom is 0.268 e. The summed E-state index contributed by atoms with van der Waals surface area (Å²) >= 11 is 0. The van der Waals surface area contributed by atoms with Crippen LogP contribution in [0.4, 0.5) is 5.69 Å². The van der Waals surface area contributed by atoms with E-state index in [-0.39, 0.29) is 11.4 Å². The Hall–Kier alpha value is -2.68. The smallest absolute Gasteiger partial charge is 0.268 e. The molecule has 0 fully saturated rings. The van der Waals surface area contributed by atoms with Crippen LogP contribution in [0.15, 0.2) is 41.6 Å². The highest BCUT2D eigenvalue weighted by atomic mass is 32.2. The maximum atomic E-state index is 13.3. The predicted octanol–water partition coefficient (Wildman–Crippen LogP) is 1.08. The van der Waals surface area contributed by atoms with E-state index in [4.69, 9.17) is 0 Å². The quantitative estimate of drug-likeness (QED) is 0.694. The Labute approximate surface area is 139 Å². The number of hydrogen-bond acceptors (Lipinski definition) is 5. The van der Waals surface area contributed by atoms with Crippen molar-refractivity contribution in [2.45, 2.75) is 24.9 Å². The van der Waals surface area contributed by atoms with E-state index >= 15 is 0 Å². The lowest BCUT2D eigenvalue weighted by Gasteiger charge is -2.23. The average Bonchev–Trinajstić information content (AvgIpc) is 3.09. The Bertz CT molecular complexity index is 1020. The van der Waals surface area contributed by atoms with Crippen molar-refractivity contribution in [1.82, 2.24) is 24.8 Å². The summed E-state index contributed by atoms with van der Waals surface area (Å²) in [4.78, 5) is 0.209. The molecule has 0 N–H and O–H groups in total. The topological polar surface area (TPSA) is 85.9 Å². The fraction of sp³-hybridized carbons (Fsp3) is 0.267. The van der Waals surface area contributed by atoms with Gasteiger partial charge in [-0.3, -0.25) is 8.99 Å². The summed E-state index contributed by atoms with van der Waals surface area (Å²) < 4.78 is 31.3. The van der Waals surface area contributed by atoms with Crippen molar-refractivity contribution in [2.75, 3.05) is 4.31 Å². The second-order valence-electron chi connectivity index (χ2n) is 5.74. The molecule has 4 rings (SSSR count). The van der Waals surface area contributed by atoms with Gasteiger partial charge in [0.25, 0.3) is 10.0 Å². The van der Waals surface area contributed by atoms with Gasteiger partial charge in [-0.1, -0.05) is 23.4 Å². The molecular weight excluding hydrogens is 328 g/mol. The van der Waals surface area contributed by atoms with Crippen molar-refractivity contribution in [3.05, 3.63) is 53.6 Å². The molecule has 1 aliphatic heterocycles. The lowest BCUT2D eigenvalue weighted by molar-refractivity contribution is 0.587. The van der Waals surface area contributed by atoms with E-state index in [2.05, 4.69) is 15.4 Å². The molecule has 0 radical (unpaired) electrons. The molecule has 0 saturated heterocycles. The highest BCUT2D eigenvalue weighted by molar-refractivity contribution is 7.92. The number of anilines is 1. The molecule has 1 aromatic carbocycles. The van der Waals surface area contributed by atoms with Crippen LogP contribution in [0.1, 0.15) is 17.0 Å². The number of sulfonamides is 1. The van der Waals surface area contributed by atoms with Gasteiger partial charge in [-0.25, -0.2) is 13.1 Å².